The topological polar surface area (TPSA) is 31.4 Å². The molecule has 3 rings (SSSR count). The molecule has 2 aromatic rings. The van der Waals surface area contributed by atoms with Gasteiger partial charge in [-0.3, -0.25) is 0 Å². The van der Waals surface area contributed by atoms with E-state index in [1.807, 2.05) is 26.0 Å². The molecule has 82 valence electrons. The predicted molar refractivity (Wildman–Crippen MR) is 62.4 cm³/mol. The van der Waals surface area contributed by atoms with Crippen LogP contribution >= 0.6 is 11.6 Å². The van der Waals surface area contributed by atoms with Gasteiger partial charge in [0.05, 0.1) is 5.52 Å². The number of fused-ring (bicyclic) bond motifs is 2. The average Bonchev–Trinajstić information content (AvgIpc) is 2.70. The van der Waals surface area contributed by atoms with Crippen molar-refractivity contribution in [2.75, 3.05) is 6.79 Å². The summed E-state index contributed by atoms with van der Waals surface area (Å²) >= 11 is 6.01. The second-order valence-electron chi connectivity index (χ2n) is 3.90. The molecule has 1 aliphatic rings. The van der Waals surface area contributed by atoms with Crippen LogP contribution in [-0.2, 0) is 0 Å². The third kappa shape index (κ3) is 1.25. The van der Waals surface area contributed by atoms with Crippen LogP contribution in [0.2, 0.25) is 5.15 Å². The van der Waals surface area contributed by atoms with E-state index in [1.165, 1.54) is 0 Å². The van der Waals surface area contributed by atoms with Gasteiger partial charge < -0.3 is 9.47 Å². The van der Waals surface area contributed by atoms with Gasteiger partial charge in [0.15, 0.2) is 11.5 Å². The van der Waals surface area contributed by atoms with Gasteiger partial charge in [-0.2, -0.15) is 0 Å². The molecular formula is C12H10ClNO2. The highest BCUT2D eigenvalue weighted by atomic mass is 35.5. The van der Waals surface area contributed by atoms with Crippen molar-refractivity contribution in [1.82, 2.24) is 4.98 Å². The maximum absolute atomic E-state index is 6.01. The molecule has 0 radical (unpaired) electrons. The van der Waals surface area contributed by atoms with E-state index in [-0.39, 0.29) is 6.79 Å². The van der Waals surface area contributed by atoms with E-state index >= 15 is 0 Å². The minimum absolute atomic E-state index is 0.277. The quantitative estimate of drug-likeness (QED) is 0.657. The summed E-state index contributed by atoms with van der Waals surface area (Å²) in [5.41, 5.74) is 2.87. The van der Waals surface area contributed by atoms with E-state index in [2.05, 4.69) is 4.98 Å². The normalized spacial score (nSPS) is 13.4. The fraction of sp³-hybridized carbons (Fsp3) is 0.250. The largest absolute Gasteiger partial charge is 0.454 e. The van der Waals surface area contributed by atoms with Gasteiger partial charge in [0.25, 0.3) is 0 Å². The molecule has 0 unspecified atom stereocenters. The molecule has 1 aromatic carbocycles. The molecule has 0 aliphatic carbocycles. The highest BCUT2D eigenvalue weighted by Gasteiger charge is 2.19. The minimum Gasteiger partial charge on any atom is -0.454 e. The number of hydrogen-bond donors (Lipinski definition) is 0. The third-order valence-corrected chi connectivity index (χ3v) is 3.22. The minimum atomic E-state index is 0.277. The Morgan fingerprint density at radius 2 is 2.06 bits per heavy atom. The molecule has 0 saturated heterocycles. The van der Waals surface area contributed by atoms with Crippen molar-refractivity contribution in [3.05, 3.63) is 28.4 Å². The second kappa shape index (κ2) is 3.25. The van der Waals surface area contributed by atoms with Crippen LogP contribution in [0.25, 0.3) is 10.9 Å². The number of aryl methyl sites for hydroxylation is 2. The molecular weight excluding hydrogens is 226 g/mol. The molecule has 0 saturated carbocycles. The Morgan fingerprint density at radius 3 is 2.88 bits per heavy atom. The molecule has 0 spiro atoms. The highest BCUT2D eigenvalue weighted by Crippen LogP contribution is 2.40. The number of halogens is 1. The predicted octanol–water partition coefficient (Wildman–Crippen LogP) is 3.23. The van der Waals surface area contributed by atoms with E-state index in [1.54, 1.807) is 0 Å². The summed E-state index contributed by atoms with van der Waals surface area (Å²) in [6.45, 7) is 4.23. The van der Waals surface area contributed by atoms with Crippen LogP contribution in [0.15, 0.2) is 12.1 Å². The number of hydrogen-bond acceptors (Lipinski definition) is 3. The summed E-state index contributed by atoms with van der Waals surface area (Å²) in [7, 11) is 0. The van der Waals surface area contributed by atoms with Crippen LogP contribution < -0.4 is 9.47 Å². The molecule has 0 bridgehead atoms. The number of rotatable bonds is 0. The summed E-state index contributed by atoms with van der Waals surface area (Å²) < 4.78 is 10.8. The number of ether oxygens (including phenoxy) is 2. The van der Waals surface area contributed by atoms with Crippen molar-refractivity contribution in [2.24, 2.45) is 0 Å². The van der Waals surface area contributed by atoms with Gasteiger partial charge in [0.1, 0.15) is 5.15 Å². The Hall–Kier alpha value is -1.48. The van der Waals surface area contributed by atoms with Crippen molar-refractivity contribution in [2.45, 2.75) is 13.8 Å². The number of aromatic nitrogens is 1. The first-order valence-corrected chi connectivity index (χ1v) is 5.40. The van der Waals surface area contributed by atoms with Gasteiger partial charge in [-0.15, -0.1) is 0 Å². The van der Waals surface area contributed by atoms with E-state index in [0.717, 1.165) is 33.5 Å². The van der Waals surface area contributed by atoms with Gasteiger partial charge in [-0.05, 0) is 25.5 Å². The lowest BCUT2D eigenvalue weighted by Crippen LogP contribution is -1.93. The van der Waals surface area contributed by atoms with Crippen LogP contribution in [0, 0.1) is 13.8 Å². The highest BCUT2D eigenvalue weighted by molar-refractivity contribution is 6.30. The maximum Gasteiger partial charge on any atom is 0.231 e. The van der Waals surface area contributed by atoms with Crippen LogP contribution in [-0.4, -0.2) is 11.8 Å². The van der Waals surface area contributed by atoms with E-state index in [4.69, 9.17) is 21.1 Å². The lowest BCUT2D eigenvalue weighted by Gasteiger charge is -2.07. The monoisotopic (exact) mass is 235 g/mol. The number of benzene rings is 1. The lowest BCUT2D eigenvalue weighted by atomic mass is 10.1. The molecule has 1 aromatic heterocycles. The Balaban J connectivity index is 2.41. The molecule has 2 heterocycles. The maximum atomic E-state index is 6.01. The Labute approximate surface area is 98.0 Å². The second-order valence-corrected chi connectivity index (χ2v) is 4.26. The molecule has 16 heavy (non-hydrogen) atoms. The molecule has 0 fully saturated rings. The Morgan fingerprint density at radius 1 is 1.25 bits per heavy atom. The standard InChI is InChI=1S/C12H10ClNO2/c1-6-3-8-7(2)11-10(15-5-16-11)4-9(8)14-12(6)13/h3-4H,5H2,1-2H3. The molecule has 0 N–H and O–H groups in total. The van der Waals surface area contributed by atoms with E-state index in [0.29, 0.717) is 5.15 Å². The summed E-state index contributed by atoms with van der Waals surface area (Å²) in [5, 5.41) is 1.59. The van der Waals surface area contributed by atoms with Gasteiger partial charge >= 0.3 is 0 Å². The molecule has 0 atom stereocenters. The van der Waals surface area contributed by atoms with Gasteiger partial charge in [-0.25, -0.2) is 4.98 Å². The zero-order chi connectivity index (χ0) is 11.3. The van der Waals surface area contributed by atoms with Crippen molar-refractivity contribution >= 4 is 22.5 Å². The van der Waals surface area contributed by atoms with Crippen molar-refractivity contribution in [3.63, 3.8) is 0 Å². The Kier molecular flexibility index (Phi) is 1.98. The van der Waals surface area contributed by atoms with Gasteiger partial charge in [0, 0.05) is 17.0 Å². The van der Waals surface area contributed by atoms with Crippen LogP contribution in [0.3, 0.4) is 0 Å². The first kappa shape index (κ1) is 9.73. The summed E-state index contributed by atoms with van der Waals surface area (Å²) in [4.78, 5) is 4.34. The summed E-state index contributed by atoms with van der Waals surface area (Å²) in [6, 6.07) is 3.90. The van der Waals surface area contributed by atoms with Crippen molar-refractivity contribution < 1.29 is 9.47 Å². The van der Waals surface area contributed by atoms with Gasteiger partial charge in [-0.1, -0.05) is 11.6 Å². The molecule has 1 aliphatic heterocycles. The van der Waals surface area contributed by atoms with Crippen LogP contribution in [0.4, 0.5) is 0 Å². The lowest BCUT2D eigenvalue weighted by molar-refractivity contribution is 0.173. The average molecular weight is 236 g/mol. The molecule has 0 amide bonds. The first-order valence-electron chi connectivity index (χ1n) is 5.03. The SMILES string of the molecule is Cc1cc2c(C)c3c(cc2nc1Cl)OCO3. The Bertz CT molecular complexity index is 595. The molecule has 4 heteroatoms. The summed E-state index contributed by atoms with van der Waals surface area (Å²) in [6.07, 6.45) is 0. The first-order chi connectivity index (χ1) is 7.66. The fourth-order valence-corrected chi connectivity index (χ4v) is 2.10. The van der Waals surface area contributed by atoms with E-state index < -0.39 is 0 Å². The summed E-state index contributed by atoms with van der Waals surface area (Å²) in [5.74, 6) is 1.56. The van der Waals surface area contributed by atoms with Crippen molar-refractivity contribution in [3.8, 4) is 11.5 Å². The zero-order valence-corrected chi connectivity index (χ0v) is 9.76. The molecule has 3 nitrogen and oxygen atoms in total. The zero-order valence-electron chi connectivity index (χ0n) is 9.00. The number of pyridine rings is 1. The third-order valence-electron chi connectivity index (χ3n) is 2.83. The number of nitrogens with zero attached hydrogens (tertiary/aromatic N) is 1. The van der Waals surface area contributed by atoms with Crippen LogP contribution in [0.1, 0.15) is 11.1 Å². The van der Waals surface area contributed by atoms with Crippen LogP contribution in [0.5, 0.6) is 11.5 Å². The van der Waals surface area contributed by atoms with E-state index in [9.17, 15) is 0 Å². The smallest absolute Gasteiger partial charge is 0.231 e. The fourth-order valence-electron chi connectivity index (χ4n) is 1.95. The van der Waals surface area contributed by atoms with Crippen molar-refractivity contribution in [1.29, 1.82) is 0 Å². The van der Waals surface area contributed by atoms with Gasteiger partial charge in [0.2, 0.25) is 6.79 Å².